The maximum Gasteiger partial charge on any atom is 0.276 e. The number of hydrogen-bond acceptors (Lipinski definition) is 5. The molecule has 1 aromatic rings. The van der Waals surface area contributed by atoms with Crippen molar-refractivity contribution >= 4 is 17.3 Å². The van der Waals surface area contributed by atoms with Crippen LogP contribution in [-0.2, 0) is 0 Å². The molecule has 1 aliphatic rings. The van der Waals surface area contributed by atoms with E-state index < -0.39 is 0 Å². The lowest BCUT2D eigenvalue weighted by atomic mass is 9.95. The van der Waals surface area contributed by atoms with E-state index in [1.807, 2.05) is 0 Å². The Hall–Kier alpha value is -1.85. The van der Waals surface area contributed by atoms with Gasteiger partial charge in [0.25, 0.3) is 5.69 Å². The van der Waals surface area contributed by atoms with Crippen LogP contribution in [0.25, 0.3) is 0 Å². The third-order valence-corrected chi connectivity index (χ3v) is 3.76. The Balaban J connectivity index is 2.25. The first-order valence-corrected chi connectivity index (χ1v) is 6.60. The predicted molar refractivity (Wildman–Crippen MR) is 75.6 cm³/mol. The van der Waals surface area contributed by atoms with E-state index in [-0.39, 0.29) is 10.6 Å². The van der Waals surface area contributed by atoms with Crippen LogP contribution < -0.4 is 10.2 Å². The van der Waals surface area contributed by atoms with Gasteiger partial charge in [-0.3, -0.25) is 10.1 Å². The zero-order chi connectivity index (χ0) is 14.0. The van der Waals surface area contributed by atoms with Crippen molar-refractivity contribution in [3.8, 4) is 0 Å². The molecule has 0 radical (unpaired) electrons. The molecule has 104 valence electrons. The summed E-state index contributed by atoms with van der Waals surface area (Å²) in [6.45, 7) is 6.28. The van der Waals surface area contributed by atoms with Gasteiger partial charge in [-0.1, -0.05) is 13.8 Å². The van der Waals surface area contributed by atoms with Gasteiger partial charge in [-0.2, -0.15) is 0 Å². The topological polar surface area (TPSA) is 71.3 Å². The van der Waals surface area contributed by atoms with Crippen molar-refractivity contribution in [1.29, 1.82) is 0 Å². The summed E-state index contributed by atoms with van der Waals surface area (Å²) in [6, 6.07) is 3.02. The molecule has 1 aliphatic heterocycles. The summed E-state index contributed by atoms with van der Waals surface area (Å²) < 4.78 is 0. The zero-order valence-corrected chi connectivity index (χ0v) is 11.6. The van der Waals surface area contributed by atoms with E-state index >= 15 is 0 Å². The minimum atomic E-state index is -0.373. The molecule has 1 aromatic heterocycles. The number of nitrogens with one attached hydrogen (secondary N) is 1. The highest BCUT2D eigenvalue weighted by Crippen LogP contribution is 2.30. The first kappa shape index (κ1) is 13.6. The van der Waals surface area contributed by atoms with E-state index in [2.05, 4.69) is 29.0 Å². The molecule has 0 saturated carbocycles. The van der Waals surface area contributed by atoms with Crippen LogP contribution in [0.15, 0.2) is 12.1 Å². The second kappa shape index (κ2) is 5.42. The van der Waals surface area contributed by atoms with Crippen molar-refractivity contribution in [2.75, 3.05) is 30.4 Å². The Bertz CT molecular complexity index is 476. The number of pyridine rings is 1. The lowest BCUT2D eigenvalue weighted by molar-refractivity contribution is -0.384. The van der Waals surface area contributed by atoms with Crippen molar-refractivity contribution in [3.05, 3.63) is 22.2 Å². The molecule has 0 aliphatic carbocycles. The molecule has 1 atom stereocenters. The number of rotatable bonds is 4. The highest BCUT2D eigenvalue weighted by atomic mass is 16.6. The van der Waals surface area contributed by atoms with Gasteiger partial charge in [-0.05, 0) is 18.3 Å². The summed E-state index contributed by atoms with van der Waals surface area (Å²) in [5.41, 5.74) is 0.0855. The Morgan fingerprint density at radius 3 is 2.79 bits per heavy atom. The van der Waals surface area contributed by atoms with Crippen LogP contribution in [0, 0.1) is 22.0 Å². The zero-order valence-electron chi connectivity index (χ0n) is 11.6. The standard InChI is InChI=1S/C13H20N4O2/c1-9(2)10-4-5-16(8-10)13-7-11(17(18)19)6-12(14-3)15-13/h6-7,9-10H,4-5,8H2,1-3H3,(H,14,15). The van der Waals surface area contributed by atoms with Gasteiger partial charge in [-0.15, -0.1) is 0 Å². The van der Waals surface area contributed by atoms with E-state index in [9.17, 15) is 10.1 Å². The fraction of sp³-hybridized carbons (Fsp3) is 0.615. The molecule has 19 heavy (non-hydrogen) atoms. The van der Waals surface area contributed by atoms with E-state index in [0.29, 0.717) is 23.5 Å². The maximum atomic E-state index is 10.9. The Kier molecular flexibility index (Phi) is 3.87. The van der Waals surface area contributed by atoms with Gasteiger partial charge in [0.1, 0.15) is 11.6 Å². The van der Waals surface area contributed by atoms with Crippen LogP contribution in [0.2, 0.25) is 0 Å². The van der Waals surface area contributed by atoms with Gasteiger partial charge in [-0.25, -0.2) is 4.98 Å². The lowest BCUT2D eigenvalue weighted by Crippen LogP contribution is -2.22. The van der Waals surface area contributed by atoms with Gasteiger partial charge < -0.3 is 10.2 Å². The summed E-state index contributed by atoms with van der Waals surface area (Å²) in [7, 11) is 1.72. The fourth-order valence-corrected chi connectivity index (χ4v) is 2.44. The maximum absolute atomic E-state index is 10.9. The molecule has 0 amide bonds. The van der Waals surface area contributed by atoms with Crippen LogP contribution in [-0.4, -0.2) is 30.0 Å². The number of anilines is 2. The molecule has 6 nitrogen and oxygen atoms in total. The molecular formula is C13H20N4O2. The van der Waals surface area contributed by atoms with Crippen molar-refractivity contribution in [2.24, 2.45) is 11.8 Å². The normalized spacial score (nSPS) is 18.9. The molecule has 1 unspecified atom stereocenters. The van der Waals surface area contributed by atoms with Crippen LogP contribution >= 0.6 is 0 Å². The van der Waals surface area contributed by atoms with Gasteiger partial charge in [0.2, 0.25) is 0 Å². The lowest BCUT2D eigenvalue weighted by Gasteiger charge is -2.19. The number of aromatic nitrogens is 1. The predicted octanol–water partition coefficient (Wildman–Crippen LogP) is 2.51. The summed E-state index contributed by atoms with van der Waals surface area (Å²) in [5.74, 6) is 2.51. The number of hydrogen-bond donors (Lipinski definition) is 1. The van der Waals surface area contributed by atoms with E-state index in [0.717, 1.165) is 19.5 Å². The van der Waals surface area contributed by atoms with Gasteiger partial charge >= 0.3 is 0 Å². The molecule has 6 heteroatoms. The summed E-state index contributed by atoms with van der Waals surface area (Å²) in [5, 5.41) is 13.8. The second-order valence-corrected chi connectivity index (χ2v) is 5.31. The molecule has 1 fully saturated rings. The Labute approximate surface area is 113 Å². The first-order valence-electron chi connectivity index (χ1n) is 6.60. The minimum Gasteiger partial charge on any atom is -0.373 e. The molecule has 0 bridgehead atoms. The van der Waals surface area contributed by atoms with Gasteiger partial charge in [0, 0.05) is 20.1 Å². The van der Waals surface area contributed by atoms with E-state index in [1.165, 1.54) is 6.07 Å². The molecule has 0 aromatic carbocycles. The molecule has 0 spiro atoms. The summed E-state index contributed by atoms with van der Waals surface area (Å²) in [6.07, 6.45) is 1.12. The largest absolute Gasteiger partial charge is 0.373 e. The van der Waals surface area contributed by atoms with Gasteiger partial charge in [0.05, 0.1) is 17.1 Å². The third kappa shape index (κ3) is 2.94. The SMILES string of the molecule is CNc1cc([N+](=O)[O-])cc(N2CCC(C(C)C)C2)n1. The van der Waals surface area contributed by atoms with Crippen molar-refractivity contribution in [1.82, 2.24) is 4.98 Å². The monoisotopic (exact) mass is 264 g/mol. The fourth-order valence-electron chi connectivity index (χ4n) is 2.44. The molecule has 2 heterocycles. The highest BCUT2D eigenvalue weighted by Gasteiger charge is 2.27. The van der Waals surface area contributed by atoms with Crippen LogP contribution in [0.4, 0.5) is 17.3 Å². The Morgan fingerprint density at radius 1 is 1.53 bits per heavy atom. The minimum absolute atomic E-state index is 0.0855. The van der Waals surface area contributed by atoms with Crippen LogP contribution in [0.1, 0.15) is 20.3 Å². The van der Waals surface area contributed by atoms with Crippen molar-refractivity contribution in [3.63, 3.8) is 0 Å². The van der Waals surface area contributed by atoms with E-state index in [4.69, 9.17) is 0 Å². The van der Waals surface area contributed by atoms with E-state index in [1.54, 1.807) is 13.1 Å². The summed E-state index contributed by atoms with van der Waals surface area (Å²) in [4.78, 5) is 17.1. The van der Waals surface area contributed by atoms with Crippen LogP contribution in [0.3, 0.4) is 0 Å². The molecule has 1 N–H and O–H groups in total. The molecular weight excluding hydrogens is 244 g/mol. The van der Waals surface area contributed by atoms with Crippen molar-refractivity contribution < 1.29 is 4.92 Å². The number of nitrogens with zero attached hydrogens (tertiary/aromatic N) is 3. The average Bonchev–Trinajstić information content (AvgIpc) is 2.87. The average molecular weight is 264 g/mol. The summed E-state index contributed by atoms with van der Waals surface area (Å²) >= 11 is 0. The smallest absolute Gasteiger partial charge is 0.276 e. The third-order valence-electron chi connectivity index (χ3n) is 3.76. The highest BCUT2D eigenvalue weighted by molar-refractivity contribution is 5.56. The van der Waals surface area contributed by atoms with Crippen LogP contribution in [0.5, 0.6) is 0 Å². The molecule has 1 saturated heterocycles. The quantitative estimate of drug-likeness (QED) is 0.668. The van der Waals surface area contributed by atoms with Crippen molar-refractivity contribution in [2.45, 2.75) is 20.3 Å². The Morgan fingerprint density at radius 2 is 2.26 bits per heavy atom. The molecule has 2 rings (SSSR count). The number of nitro groups is 1. The second-order valence-electron chi connectivity index (χ2n) is 5.31. The first-order chi connectivity index (χ1) is 9.01. The van der Waals surface area contributed by atoms with Gasteiger partial charge in [0.15, 0.2) is 0 Å².